The minimum Gasteiger partial charge on any atom is -0.483 e. The molecule has 138 valence electrons. The van der Waals surface area contributed by atoms with Crippen molar-refractivity contribution in [2.45, 2.75) is 19.9 Å². The summed E-state index contributed by atoms with van der Waals surface area (Å²) in [7, 11) is 1.84. The number of likely N-dealkylation sites (N-methyl/N-ethyl adjacent to an activating group) is 1. The first-order valence-corrected chi connectivity index (χ1v) is 8.52. The standard InChI is InChI=1S/C20H25N3O3/c1-15(2)23(3)13-19(24)21-22-20(25)14-26-18-12-8-7-11-17(18)16-9-5-4-6-10-16/h4-12,15H,13-14H2,1-3H3,(H,21,24)(H,22,25). The molecular weight excluding hydrogens is 330 g/mol. The summed E-state index contributed by atoms with van der Waals surface area (Å²) in [6.45, 7) is 3.99. The molecule has 2 N–H and O–H groups in total. The van der Waals surface area contributed by atoms with Crippen molar-refractivity contribution < 1.29 is 14.3 Å². The zero-order valence-electron chi connectivity index (χ0n) is 15.4. The van der Waals surface area contributed by atoms with E-state index in [4.69, 9.17) is 4.74 Å². The minimum absolute atomic E-state index is 0.190. The molecule has 0 atom stereocenters. The van der Waals surface area contributed by atoms with Crippen molar-refractivity contribution in [1.82, 2.24) is 15.8 Å². The molecule has 0 spiro atoms. The molecule has 0 bridgehead atoms. The molecule has 0 fully saturated rings. The maximum Gasteiger partial charge on any atom is 0.276 e. The Morgan fingerprint density at radius 1 is 0.962 bits per heavy atom. The summed E-state index contributed by atoms with van der Waals surface area (Å²) in [6.07, 6.45) is 0. The lowest BCUT2D eigenvalue weighted by atomic mass is 10.1. The van der Waals surface area contributed by atoms with Gasteiger partial charge in [0.2, 0.25) is 0 Å². The lowest BCUT2D eigenvalue weighted by Gasteiger charge is -2.20. The SMILES string of the molecule is CC(C)N(C)CC(=O)NNC(=O)COc1ccccc1-c1ccccc1. The van der Waals surface area contributed by atoms with Crippen LogP contribution in [-0.2, 0) is 9.59 Å². The Bertz CT molecular complexity index is 732. The molecule has 2 aromatic carbocycles. The van der Waals surface area contributed by atoms with E-state index >= 15 is 0 Å². The second kappa shape index (κ2) is 9.58. The number of carbonyl (C=O) groups excluding carboxylic acids is 2. The highest BCUT2D eigenvalue weighted by atomic mass is 16.5. The summed E-state index contributed by atoms with van der Waals surface area (Å²) in [5.74, 6) is -0.0904. The maximum absolute atomic E-state index is 11.9. The Balaban J connectivity index is 1.86. The summed E-state index contributed by atoms with van der Waals surface area (Å²) in [6, 6.07) is 17.6. The molecule has 0 aliphatic rings. The van der Waals surface area contributed by atoms with Crippen LogP contribution in [0.3, 0.4) is 0 Å². The van der Waals surface area contributed by atoms with Crippen LogP contribution in [0.2, 0.25) is 0 Å². The molecule has 0 saturated carbocycles. The maximum atomic E-state index is 11.9. The Morgan fingerprint density at radius 2 is 1.58 bits per heavy atom. The van der Waals surface area contributed by atoms with Crippen LogP contribution in [0.1, 0.15) is 13.8 Å². The van der Waals surface area contributed by atoms with E-state index in [2.05, 4.69) is 10.9 Å². The van der Waals surface area contributed by atoms with Crippen molar-refractivity contribution in [3.05, 3.63) is 54.6 Å². The minimum atomic E-state index is -0.423. The first kappa shape index (κ1) is 19.5. The predicted octanol–water partition coefficient (Wildman–Crippen LogP) is 2.22. The number of benzene rings is 2. The summed E-state index contributed by atoms with van der Waals surface area (Å²) in [5.41, 5.74) is 6.67. The average molecular weight is 355 g/mol. The second-order valence-electron chi connectivity index (χ2n) is 6.26. The fraction of sp³-hybridized carbons (Fsp3) is 0.300. The predicted molar refractivity (Wildman–Crippen MR) is 101 cm³/mol. The first-order valence-electron chi connectivity index (χ1n) is 8.52. The van der Waals surface area contributed by atoms with E-state index < -0.39 is 5.91 Å². The van der Waals surface area contributed by atoms with E-state index in [-0.39, 0.29) is 25.1 Å². The van der Waals surface area contributed by atoms with Gasteiger partial charge in [-0.05, 0) is 32.5 Å². The zero-order valence-corrected chi connectivity index (χ0v) is 15.4. The summed E-state index contributed by atoms with van der Waals surface area (Å²) in [4.78, 5) is 25.6. The van der Waals surface area contributed by atoms with E-state index in [0.29, 0.717) is 5.75 Å². The number of amides is 2. The van der Waals surface area contributed by atoms with Gasteiger partial charge in [0.1, 0.15) is 5.75 Å². The van der Waals surface area contributed by atoms with Gasteiger partial charge in [0.05, 0.1) is 6.54 Å². The third-order valence-electron chi connectivity index (χ3n) is 3.95. The van der Waals surface area contributed by atoms with E-state index in [1.807, 2.05) is 80.4 Å². The second-order valence-corrected chi connectivity index (χ2v) is 6.26. The molecule has 2 aromatic rings. The number of nitrogens with zero attached hydrogens (tertiary/aromatic N) is 1. The van der Waals surface area contributed by atoms with Crippen LogP contribution in [-0.4, -0.2) is 43.0 Å². The monoisotopic (exact) mass is 355 g/mol. The Labute approximate surface area is 154 Å². The van der Waals surface area contributed by atoms with Crippen molar-refractivity contribution >= 4 is 11.8 Å². The lowest BCUT2D eigenvalue weighted by Crippen LogP contribution is -2.48. The van der Waals surface area contributed by atoms with Gasteiger partial charge in [0.25, 0.3) is 11.8 Å². The number of hydrogen-bond acceptors (Lipinski definition) is 4. The van der Waals surface area contributed by atoms with Gasteiger partial charge in [0, 0.05) is 11.6 Å². The third kappa shape index (κ3) is 5.89. The summed E-state index contributed by atoms with van der Waals surface area (Å²) in [5, 5.41) is 0. The van der Waals surface area contributed by atoms with Gasteiger partial charge in [-0.1, -0.05) is 48.5 Å². The number of hydrazine groups is 1. The van der Waals surface area contributed by atoms with Gasteiger partial charge in [-0.25, -0.2) is 0 Å². The summed E-state index contributed by atoms with van der Waals surface area (Å²) < 4.78 is 5.63. The molecule has 0 radical (unpaired) electrons. The molecule has 0 aromatic heterocycles. The molecule has 26 heavy (non-hydrogen) atoms. The van der Waals surface area contributed by atoms with E-state index in [9.17, 15) is 9.59 Å². The van der Waals surface area contributed by atoms with Gasteiger partial charge in [-0.3, -0.25) is 25.3 Å². The van der Waals surface area contributed by atoms with Crippen LogP contribution in [0.25, 0.3) is 11.1 Å². The highest BCUT2D eigenvalue weighted by Gasteiger charge is 2.11. The highest BCUT2D eigenvalue weighted by Crippen LogP contribution is 2.29. The average Bonchev–Trinajstić information content (AvgIpc) is 2.65. The molecular formula is C20H25N3O3. The molecule has 0 unspecified atom stereocenters. The number of ether oxygens (including phenoxy) is 1. The Hall–Kier alpha value is -2.86. The van der Waals surface area contributed by atoms with Gasteiger partial charge in [0.15, 0.2) is 6.61 Å². The third-order valence-corrected chi connectivity index (χ3v) is 3.95. The van der Waals surface area contributed by atoms with Crippen molar-refractivity contribution in [1.29, 1.82) is 0 Å². The van der Waals surface area contributed by atoms with Gasteiger partial charge < -0.3 is 4.74 Å². The van der Waals surface area contributed by atoms with Crippen molar-refractivity contribution in [2.24, 2.45) is 0 Å². The van der Waals surface area contributed by atoms with Gasteiger partial charge in [-0.15, -0.1) is 0 Å². The molecule has 6 heteroatoms. The van der Waals surface area contributed by atoms with Crippen molar-refractivity contribution in [3.63, 3.8) is 0 Å². The molecule has 2 rings (SSSR count). The van der Waals surface area contributed by atoms with Crippen LogP contribution >= 0.6 is 0 Å². The number of para-hydroxylation sites is 1. The van der Waals surface area contributed by atoms with Crippen molar-refractivity contribution in [2.75, 3.05) is 20.2 Å². The number of nitrogens with one attached hydrogen (secondary N) is 2. The fourth-order valence-electron chi connectivity index (χ4n) is 2.22. The number of carbonyl (C=O) groups is 2. The smallest absolute Gasteiger partial charge is 0.276 e. The highest BCUT2D eigenvalue weighted by molar-refractivity contribution is 5.84. The van der Waals surface area contributed by atoms with E-state index in [1.165, 1.54) is 0 Å². The van der Waals surface area contributed by atoms with E-state index in [0.717, 1.165) is 11.1 Å². The first-order chi connectivity index (χ1) is 12.5. The normalized spacial score (nSPS) is 10.7. The molecule has 0 aliphatic carbocycles. The molecule has 6 nitrogen and oxygen atoms in total. The van der Waals surface area contributed by atoms with Crippen molar-refractivity contribution in [3.8, 4) is 16.9 Å². The number of rotatable bonds is 7. The lowest BCUT2D eigenvalue weighted by molar-refractivity contribution is -0.130. The Morgan fingerprint density at radius 3 is 2.27 bits per heavy atom. The van der Waals surface area contributed by atoms with Crippen LogP contribution in [0.4, 0.5) is 0 Å². The molecule has 0 aliphatic heterocycles. The molecule has 2 amide bonds. The zero-order chi connectivity index (χ0) is 18.9. The summed E-state index contributed by atoms with van der Waals surface area (Å²) >= 11 is 0. The quantitative estimate of drug-likeness (QED) is 0.747. The fourth-order valence-corrected chi connectivity index (χ4v) is 2.22. The van der Waals surface area contributed by atoms with Crippen LogP contribution < -0.4 is 15.6 Å². The van der Waals surface area contributed by atoms with Crippen LogP contribution in [0.5, 0.6) is 5.75 Å². The topological polar surface area (TPSA) is 70.7 Å². The Kier molecular flexibility index (Phi) is 7.17. The molecule has 0 heterocycles. The van der Waals surface area contributed by atoms with E-state index in [1.54, 1.807) is 0 Å². The van der Waals surface area contributed by atoms with Gasteiger partial charge in [-0.2, -0.15) is 0 Å². The van der Waals surface area contributed by atoms with Crippen LogP contribution in [0, 0.1) is 0 Å². The number of hydrogen-bond donors (Lipinski definition) is 2. The van der Waals surface area contributed by atoms with Crippen LogP contribution in [0.15, 0.2) is 54.6 Å². The van der Waals surface area contributed by atoms with Gasteiger partial charge >= 0.3 is 0 Å². The molecule has 0 saturated heterocycles. The largest absolute Gasteiger partial charge is 0.483 e.